The average Bonchev–Trinajstić information content (AvgIpc) is 2.87. The minimum Gasteiger partial charge on any atom is -0.477 e. The van der Waals surface area contributed by atoms with Crippen LogP contribution in [0.5, 0.6) is 0 Å². The SMILES string of the molecule is CCc1ccc(-c2ccc(C(=O)N[C@@H](C)CCc3ccc4[nH]cc(C(=O)O)c(=O)c4c3)cc2)cc1. The highest BCUT2D eigenvalue weighted by Crippen LogP contribution is 2.21. The Hall–Kier alpha value is -4.19. The number of carbonyl (C=O) groups is 2. The number of hydrogen-bond donors (Lipinski definition) is 3. The summed E-state index contributed by atoms with van der Waals surface area (Å²) in [5.41, 5.74) is 4.80. The molecule has 0 saturated carbocycles. The molecular weight excluding hydrogens is 440 g/mol. The number of hydrogen-bond acceptors (Lipinski definition) is 3. The van der Waals surface area contributed by atoms with Crippen LogP contribution >= 0.6 is 0 Å². The summed E-state index contributed by atoms with van der Waals surface area (Å²) in [6.45, 7) is 4.07. The lowest BCUT2D eigenvalue weighted by Gasteiger charge is -2.14. The van der Waals surface area contributed by atoms with Gasteiger partial charge in [-0.1, -0.05) is 49.4 Å². The summed E-state index contributed by atoms with van der Waals surface area (Å²) in [5, 5.41) is 12.6. The maximum atomic E-state index is 12.7. The first kappa shape index (κ1) is 24.0. The minimum absolute atomic E-state index is 0.0805. The summed E-state index contributed by atoms with van der Waals surface area (Å²) in [4.78, 5) is 39.3. The quantitative estimate of drug-likeness (QED) is 0.331. The standard InChI is InChI=1S/C29H28N2O4/c1-3-19-6-9-21(10-7-19)22-11-13-23(14-12-22)28(33)31-18(2)4-5-20-8-15-26-24(16-20)27(32)25(17-30-26)29(34)35/h6-18H,3-5H2,1-2H3,(H,30,32)(H,31,33)(H,34,35)/t18-/m0/s1. The lowest BCUT2D eigenvalue weighted by atomic mass is 10.0. The topological polar surface area (TPSA) is 99.3 Å². The second-order valence-corrected chi connectivity index (χ2v) is 8.76. The predicted octanol–water partition coefficient (Wildman–Crippen LogP) is 5.21. The Labute approximate surface area is 203 Å². The molecule has 4 rings (SSSR count). The summed E-state index contributed by atoms with van der Waals surface area (Å²) in [5.74, 6) is -1.39. The molecule has 0 aliphatic carbocycles. The van der Waals surface area contributed by atoms with Gasteiger partial charge in [-0.2, -0.15) is 0 Å². The van der Waals surface area contributed by atoms with E-state index < -0.39 is 11.4 Å². The number of nitrogens with one attached hydrogen (secondary N) is 2. The van der Waals surface area contributed by atoms with Gasteiger partial charge in [0, 0.05) is 28.7 Å². The third-order valence-electron chi connectivity index (χ3n) is 6.26. The molecule has 3 aromatic carbocycles. The number of carbonyl (C=O) groups excluding carboxylic acids is 1. The third-order valence-corrected chi connectivity index (χ3v) is 6.26. The highest BCUT2D eigenvalue weighted by atomic mass is 16.4. The highest BCUT2D eigenvalue weighted by molar-refractivity contribution is 5.95. The maximum absolute atomic E-state index is 12.7. The molecule has 0 fully saturated rings. The molecule has 0 radical (unpaired) electrons. The van der Waals surface area contributed by atoms with Crippen molar-refractivity contribution >= 4 is 22.8 Å². The number of aromatic nitrogens is 1. The van der Waals surface area contributed by atoms with E-state index in [0.29, 0.717) is 29.3 Å². The van der Waals surface area contributed by atoms with Crippen LogP contribution in [0.4, 0.5) is 0 Å². The number of carboxylic acid groups (broad SMARTS) is 1. The van der Waals surface area contributed by atoms with Crippen molar-refractivity contribution in [3.05, 3.63) is 105 Å². The zero-order valence-corrected chi connectivity index (χ0v) is 19.8. The minimum atomic E-state index is -1.25. The molecule has 0 bridgehead atoms. The van der Waals surface area contributed by atoms with Crippen LogP contribution < -0.4 is 10.7 Å². The van der Waals surface area contributed by atoms with E-state index in [-0.39, 0.29) is 17.5 Å². The number of pyridine rings is 1. The number of carboxylic acids is 1. The first-order valence-electron chi connectivity index (χ1n) is 11.7. The smallest absolute Gasteiger partial charge is 0.341 e. The number of benzene rings is 3. The Bertz CT molecular complexity index is 1420. The predicted molar refractivity (Wildman–Crippen MR) is 138 cm³/mol. The molecule has 0 unspecified atom stereocenters. The molecule has 1 heterocycles. The summed E-state index contributed by atoms with van der Waals surface area (Å²) >= 11 is 0. The fraction of sp³-hybridized carbons (Fsp3) is 0.207. The first-order chi connectivity index (χ1) is 16.9. The fourth-order valence-electron chi connectivity index (χ4n) is 4.09. The Morgan fingerprint density at radius 3 is 2.20 bits per heavy atom. The normalized spacial score (nSPS) is 11.8. The molecule has 0 aliphatic rings. The van der Waals surface area contributed by atoms with Crippen molar-refractivity contribution in [2.24, 2.45) is 0 Å². The van der Waals surface area contributed by atoms with Crippen LogP contribution in [0, 0.1) is 0 Å². The Morgan fingerprint density at radius 2 is 1.57 bits per heavy atom. The molecule has 178 valence electrons. The summed E-state index contributed by atoms with van der Waals surface area (Å²) < 4.78 is 0. The van der Waals surface area contributed by atoms with Gasteiger partial charge in [0.25, 0.3) is 5.91 Å². The number of H-pyrrole nitrogens is 1. The third kappa shape index (κ3) is 5.49. The highest BCUT2D eigenvalue weighted by Gasteiger charge is 2.13. The van der Waals surface area contributed by atoms with E-state index in [0.717, 1.165) is 23.1 Å². The van der Waals surface area contributed by atoms with E-state index >= 15 is 0 Å². The lowest BCUT2D eigenvalue weighted by molar-refractivity contribution is 0.0695. The summed E-state index contributed by atoms with van der Waals surface area (Å²) in [6, 6.07) is 21.3. The van der Waals surface area contributed by atoms with Gasteiger partial charge in [-0.25, -0.2) is 4.79 Å². The van der Waals surface area contributed by atoms with Crippen molar-refractivity contribution in [3.63, 3.8) is 0 Å². The molecule has 3 N–H and O–H groups in total. The Kier molecular flexibility index (Phi) is 7.11. The van der Waals surface area contributed by atoms with Crippen LogP contribution in [-0.4, -0.2) is 28.0 Å². The van der Waals surface area contributed by atoms with Gasteiger partial charge >= 0.3 is 5.97 Å². The van der Waals surface area contributed by atoms with E-state index in [1.54, 1.807) is 12.1 Å². The van der Waals surface area contributed by atoms with Crippen molar-refractivity contribution in [1.82, 2.24) is 10.3 Å². The van der Waals surface area contributed by atoms with Crippen LogP contribution in [0.1, 0.15) is 52.1 Å². The van der Waals surface area contributed by atoms with E-state index in [4.69, 9.17) is 0 Å². The summed E-state index contributed by atoms with van der Waals surface area (Å²) in [7, 11) is 0. The summed E-state index contributed by atoms with van der Waals surface area (Å²) in [6.07, 6.45) is 3.54. The molecule has 1 atom stereocenters. The molecule has 6 nitrogen and oxygen atoms in total. The van der Waals surface area contributed by atoms with Crippen LogP contribution in [0.15, 0.2) is 77.7 Å². The average molecular weight is 469 g/mol. The molecule has 1 aromatic heterocycles. The monoisotopic (exact) mass is 468 g/mol. The largest absolute Gasteiger partial charge is 0.477 e. The number of aromatic carboxylic acids is 1. The molecule has 0 saturated heterocycles. The second-order valence-electron chi connectivity index (χ2n) is 8.76. The molecular formula is C29H28N2O4. The Balaban J connectivity index is 1.37. The maximum Gasteiger partial charge on any atom is 0.341 e. The van der Waals surface area contributed by atoms with Gasteiger partial charge in [0.05, 0.1) is 0 Å². The van der Waals surface area contributed by atoms with E-state index in [1.165, 1.54) is 11.8 Å². The zero-order valence-electron chi connectivity index (χ0n) is 19.8. The van der Waals surface area contributed by atoms with Gasteiger partial charge < -0.3 is 15.4 Å². The molecule has 0 spiro atoms. The number of rotatable bonds is 8. The Morgan fingerprint density at radius 1 is 0.943 bits per heavy atom. The van der Waals surface area contributed by atoms with Gasteiger partial charge in [-0.05, 0) is 72.7 Å². The van der Waals surface area contributed by atoms with E-state index in [2.05, 4.69) is 41.5 Å². The van der Waals surface area contributed by atoms with E-state index in [9.17, 15) is 19.5 Å². The van der Waals surface area contributed by atoms with Crippen molar-refractivity contribution in [1.29, 1.82) is 0 Å². The van der Waals surface area contributed by atoms with Crippen LogP contribution in [-0.2, 0) is 12.8 Å². The first-order valence-corrected chi connectivity index (χ1v) is 11.7. The second kappa shape index (κ2) is 10.4. The van der Waals surface area contributed by atoms with Crippen molar-refractivity contribution < 1.29 is 14.7 Å². The molecule has 1 amide bonds. The molecule has 4 aromatic rings. The molecule has 0 aliphatic heterocycles. The molecule has 35 heavy (non-hydrogen) atoms. The van der Waals surface area contributed by atoms with Gasteiger partial charge in [0.1, 0.15) is 5.56 Å². The van der Waals surface area contributed by atoms with E-state index in [1.807, 2.05) is 37.3 Å². The van der Waals surface area contributed by atoms with Crippen molar-refractivity contribution in [2.75, 3.05) is 0 Å². The van der Waals surface area contributed by atoms with Gasteiger partial charge in [-0.15, -0.1) is 0 Å². The van der Waals surface area contributed by atoms with Crippen molar-refractivity contribution in [3.8, 4) is 11.1 Å². The molecule has 6 heteroatoms. The number of aromatic amines is 1. The fourth-order valence-corrected chi connectivity index (χ4v) is 4.09. The number of fused-ring (bicyclic) bond motifs is 1. The van der Waals surface area contributed by atoms with Crippen molar-refractivity contribution in [2.45, 2.75) is 39.2 Å². The van der Waals surface area contributed by atoms with Crippen LogP contribution in [0.2, 0.25) is 0 Å². The van der Waals surface area contributed by atoms with Crippen LogP contribution in [0.3, 0.4) is 0 Å². The zero-order chi connectivity index (χ0) is 24.9. The lowest BCUT2D eigenvalue weighted by Crippen LogP contribution is -2.32. The number of amides is 1. The van der Waals surface area contributed by atoms with Gasteiger partial charge in [0.15, 0.2) is 0 Å². The number of aryl methyl sites for hydroxylation is 2. The van der Waals surface area contributed by atoms with Gasteiger partial charge in [0.2, 0.25) is 5.43 Å². The van der Waals surface area contributed by atoms with Crippen LogP contribution in [0.25, 0.3) is 22.0 Å². The van der Waals surface area contributed by atoms with Gasteiger partial charge in [-0.3, -0.25) is 9.59 Å².